The van der Waals surface area contributed by atoms with E-state index in [-0.39, 0.29) is 6.61 Å². The summed E-state index contributed by atoms with van der Waals surface area (Å²) < 4.78 is 25.6. The summed E-state index contributed by atoms with van der Waals surface area (Å²) in [4.78, 5) is 0. The Labute approximate surface area is 81.6 Å². The molecule has 0 saturated heterocycles. The summed E-state index contributed by atoms with van der Waals surface area (Å²) in [6.45, 7) is 2.30. The molecule has 0 fully saturated rings. The van der Waals surface area contributed by atoms with Crippen LogP contribution in [0.3, 0.4) is 0 Å². The number of hydrogen-bond acceptors (Lipinski definition) is 2. The first kappa shape index (κ1) is 11.1. The van der Waals surface area contributed by atoms with Gasteiger partial charge in [-0.15, -0.1) is 0 Å². The minimum absolute atomic E-state index is 0.184. The smallest absolute Gasteiger partial charge is 0.126 e. The second-order valence-corrected chi connectivity index (χ2v) is 3.00. The summed E-state index contributed by atoms with van der Waals surface area (Å²) in [6, 6.07) is 2.83. The zero-order chi connectivity index (χ0) is 10.6. The number of aliphatic hydroxyl groups excluding tert-OH is 1. The van der Waals surface area contributed by atoms with Crippen molar-refractivity contribution in [2.24, 2.45) is 0 Å². The number of nitrogens with one attached hydrogen (secondary N) is 1. The van der Waals surface area contributed by atoms with Crippen molar-refractivity contribution in [3.8, 4) is 0 Å². The maximum absolute atomic E-state index is 12.8. The van der Waals surface area contributed by atoms with Crippen molar-refractivity contribution in [1.29, 1.82) is 0 Å². The van der Waals surface area contributed by atoms with Crippen LogP contribution in [0.4, 0.5) is 8.78 Å². The lowest BCUT2D eigenvalue weighted by Crippen LogP contribution is -2.24. The fourth-order valence-electron chi connectivity index (χ4n) is 1.31. The van der Waals surface area contributed by atoms with Gasteiger partial charge in [0.2, 0.25) is 0 Å². The summed E-state index contributed by atoms with van der Waals surface area (Å²) >= 11 is 0. The molecular formula is C10H13F2NO. The van der Waals surface area contributed by atoms with E-state index in [4.69, 9.17) is 5.11 Å². The number of halogens is 2. The van der Waals surface area contributed by atoms with Gasteiger partial charge in [0, 0.05) is 6.07 Å². The lowest BCUT2D eigenvalue weighted by molar-refractivity contribution is 0.246. The average Bonchev–Trinajstić information content (AvgIpc) is 2.12. The fraction of sp³-hybridized carbons (Fsp3) is 0.400. The van der Waals surface area contributed by atoms with Crippen LogP contribution in [0.1, 0.15) is 18.5 Å². The minimum atomic E-state index is -0.628. The van der Waals surface area contributed by atoms with Crippen LogP contribution >= 0.6 is 0 Å². The van der Waals surface area contributed by atoms with E-state index in [0.717, 1.165) is 6.07 Å². The second-order valence-electron chi connectivity index (χ2n) is 3.00. The number of benzene rings is 1. The van der Waals surface area contributed by atoms with Crippen molar-refractivity contribution >= 4 is 0 Å². The van der Waals surface area contributed by atoms with Crippen LogP contribution in [0, 0.1) is 11.6 Å². The molecule has 1 aromatic rings. The maximum atomic E-state index is 12.8. The van der Waals surface area contributed by atoms with E-state index in [9.17, 15) is 8.78 Å². The highest BCUT2D eigenvalue weighted by Crippen LogP contribution is 2.15. The standard InChI is InChI=1S/C10H13F2NO/c1-2-13-10(6-14)7-3-8(11)5-9(12)4-7/h3-5,10,13-14H,2,6H2,1H3. The number of hydrogen-bond donors (Lipinski definition) is 2. The monoisotopic (exact) mass is 201 g/mol. The quantitative estimate of drug-likeness (QED) is 0.775. The molecule has 1 rings (SSSR count). The second kappa shape index (κ2) is 5.02. The van der Waals surface area contributed by atoms with Crippen molar-refractivity contribution in [3.63, 3.8) is 0 Å². The molecule has 0 aromatic heterocycles. The van der Waals surface area contributed by atoms with Crippen LogP contribution in [-0.2, 0) is 0 Å². The van der Waals surface area contributed by atoms with Crippen molar-refractivity contribution in [2.75, 3.05) is 13.2 Å². The Hall–Kier alpha value is -1.00. The third-order valence-corrected chi connectivity index (χ3v) is 1.92. The zero-order valence-electron chi connectivity index (χ0n) is 7.93. The van der Waals surface area contributed by atoms with E-state index < -0.39 is 17.7 Å². The Balaban J connectivity index is 2.91. The molecule has 0 bridgehead atoms. The molecule has 0 heterocycles. The predicted octanol–water partition coefficient (Wildman–Crippen LogP) is 1.61. The van der Waals surface area contributed by atoms with Gasteiger partial charge in [0.25, 0.3) is 0 Å². The molecule has 0 radical (unpaired) electrons. The molecule has 0 aliphatic carbocycles. The van der Waals surface area contributed by atoms with Crippen LogP contribution < -0.4 is 5.32 Å². The lowest BCUT2D eigenvalue weighted by Gasteiger charge is -2.15. The molecule has 1 aromatic carbocycles. The molecule has 2 N–H and O–H groups in total. The van der Waals surface area contributed by atoms with E-state index in [1.165, 1.54) is 12.1 Å². The van der Waals surface area contributed by atoms with Gasteiger partial charge in [0.1, 0.15) is 11.6 Å². The Morgan fingerprint density at radius 1 is 1.29 bits per heavy atom. The minimum Gasteiger partial charge on any atom is -0.394 e. The first-order chi connectivity index (χ1) is 6.67. The van der Waals surface area contributed by atoms with Gasteiger partial charge in [-0.1, -0.05) is 6.92 Å². The first-order valence-corrected chi connectivity index (χ1v) is 4.47. The summed E-state index contributed by atoms with van der Waals surface area (Å²) in [5, 5.41) is 11.9. The molecule has 2 nitrogen and oxygen atoms in total. The van der Waals surface area contributed by atoms with E-state index in [1.54, 1.807) is 0 Å². The molecule has 4 heteroatoms. The van der Waals surface area contributed by atoms with Gasteiger partial charge < -0.3 is 10.4 Å². The lowest BCUT2D eigenvalue weighted by atomic mass is 10.1. The Bertz CT molecular complexity index is 284. The highest BCUT2D eigenvalue weighted by molar-refractivity contribution is 5.21. The summed E-state index contributed by atoms with van der Waals surface area (Å²) in [6.07, 6.45) is 0. The topological polar surface area (TPSA) is 32.3 Å². The Morgan fingerprint density at radius 3 is 2.29 bits per heavy atom. The fourth-order valence-corrected chi connectivity index (χ4v) is 1.31. The van der Waals surface area contributed by atoms with Gasteiger partial charge in [-0.25, -0.2) is 8.78 Å². The molecule has 0 spiro atoms. The Kier molecular flexibility index (Phi) is 3.98. The van der Waals surface area contributed by atoms with E-state index in [1.807, 2.05) is 6.92 Å². The van der Waals surface area contributed by atoms with Crippen molar-refractivity contribution in [3.05, 3.63) is 35.4 Å². The largest absolute Gasteiger partial charge is 0.394 e. The van der Waals surface area contributed by atoms with Gasteiger partial charge in [-0.2, -0.15) is 0 Å². The molecule has 0 amide bonds. The molecule has 0 aliphatic heterocycles. The normalized spacial score (nSPS) is 12.9. The third-order valence-electron chi connectivity index (χ3n) is 1.92. The number of likely N-dealkylation sites (N-methyl/N-ethyl adjacent to an activating group) is 1. The van der Waals surface area contributed by atoms with Crippen molar-refractivity contribution in [2.45, 2.75) is 13.0 Å². The summed E-state index contributed by atoms with van der Waals surface area (Å²) in [5.74, 6) is -1.26. The predicted molar refractivity (Wildman–Crippen MR) is 49.9 cm³/mol. The summed E-state index contributed by atoms with van der Waals surface area (Å²) in [7, 11) is 0. The average molecular weight is 201 g/mol. The highest BCUT2D eigenvalue weighted by atomic mass is 19.1. The van der Waals surface area contributed by atoms with Crippen molar-refractivity contribution in [1.82, 2.24) is 5.32 Å². The molecule has 1 atom stereocenters. The summed E-state index contributed by atoms with van der Waals surface area (Å²) in [5.41, 5.74) is 0.423. The number of aliphatic hydroxyl groups is 1. The van der Waals surface area contributed by atoms with Crippen molar-refractivity contribution < 1.29 is 13.9 Å². The molecular weight excluding hydrogens is 188 g/mol. The van der Waals surface area contributed by atoms with Gasteiger partial charge in [0.15, 0.2) is 0 Å². The van der Waals surface area contributed by atoms with E-state index >= 15 is 0 Å². The van der Waals surface area contributed by atoms with Crippen LogP contribution in [-0.4, -0.2) is 18.3 Å². The maximum Gasteiger partial charge on any atom is 0.126 e. The van der Waals surface area contributed by atoms with Crippen LogP contribution in [0.2, 0.25) is 0 Å². The van der Waals surface area contributed by atoms with Crippen LogP contribution in [0.5, 0.6) is 0 Å². The van der Waals surface area contributed by atoms with Crippen LogP contribution in [0.15, 0.2) is 18.2 Å². The van der Waals surface area contributed by atoms with E-state index in [0.29, 0.717) is 12.1 Å². The van der Waals surface area contributed by atoms with E-state index in [2.05, 4.69) is 5.32 Å². The SMILES string of the molecule is CCNC(CO)c1cc(F)cc(F)c1. The van der Waals surface area contributed by atoms with Crippen LogP contribution in [0.25, 0.3) is 0 Å². The molecule has 0 aliphatic rings. The van der Waals surface area contributed by atoms with Gasteiger partial charge >= 0.3 is 0 Å². The molecule has 78 valence electrons. The third kappa shape index (κ3) is 2.75. The van der Waals surface area contributed by atoms with Gasteiger partial charge in [0.05, 0.1) is 12.6 Å². The van der Waals surface area contributed by atoms with Gasteiger partial charge in [-0.3, -0.25) is 0 Å². The molecule has 0 saturated carbocycles. The Morgan fingerprint density at radius 2 is 1.86 bits per heavy atom. The molecule has 1 unspecified atom stereocenters. The first-order valence-electron chi connectivity index (χ1n) is 4.47. The highest BCUT2D eigenvalue weighted by Gasteiger charge is 2.10. The molecule has 14 heavy (non-hydrogen) atoms. The zero-order valence-corrected chi connectivity index (χ0v) is 7.93. The number of rotatable bonds is 4. The van der Waals surface area contributed by atoms with Gasteiger partial charge in [-0.05, 0) is 24.2 Å².